The van der Waals surface area contributed by atoms with E-state index >= 15 is 0 Å². The third-order valence-corrected chi connectivity index (χ3v) is 4.23. The Morgan fingerprint density at radius 1 is 1.00 bits per heavy atom. The highest BCUT2D eigenvalue weighted by Crippen LogP contribution is 2.09. The van der Waals surface area contributed by atoms with Gasteiger partial charge in [0, 0.05) is 25.5 Å². The van der Waals surface area contributed by atoms with Gasteiger partial charge in [-0.05, 0) is 30.0 Å². The predicted molar refractivity (Wildman–Crippen MR) is 110 cm³/mol. The number of rotatable bonds is 10. The van der Waals surface area contributed by atoms with E-state index in [1.54, 1.807) is 0 Å². The molecule has 2 aromatic rings. The van der Waals surface area contributed by atoms with Crippen LogP contribution in [0.15, 0.2) is 36.7 Å². The molecule has 3 amide bonds. The van der Waals surface area contributed by atoms with Crippen LogP contribution in [0.3, 0.4) is 0 Å². The first kappa shape index (κ1) is 23.9. The number of aromatic nitrogens is 2. The largest absolute Gasteiger partial charge is 0.395 e. The number of carbonyl (C=O) groups excluding carboxylic acids is 3. The Morgan fingerprint density at radius 3 is 2.19 bits per heavy atom. The normalized spacial score (nSPS) is 11.6. The molecular weight excluding hydrogens is 405 g/mol. The van der Waals surface area contributed by atoms with Crippen molar-refractivity contribution in [2.24, 2.45) is 5.92 Å². The average molecular weight is 431 g/mol. The Balaban J connectivity index is 2.12. The fourth-order valence-corrected chi connectivity index (χ4v) is 2.77. The Kier molecular flexibility index (Phi) is 9.01. The molecule has 1 aromatic heterocycles. The summed E-state index contributed by atoms with van der Waals surface area (Å²) in [5.41, 5.74) is 0.256. The number of amides is 3. The lowest BCUT2D eigenvalue weighted by Gasteiger charge is -2.20. The van der Waals surface area contributed by atoms with Crippen LogP contribution in [0.2, 0.25) is 0 Å². The molecule has 0 aliphatic rings. The molecular formula is C21H26FN5O4. The molecule has 0 unspecified atom stereocenters. The van der Waals surface area contributed by atoms with E-state index < -0.39 is 23.8 Å². The zero-order valence-corrected chi connectivity index (χ0v) is 17.4. The number of nitrogens with one attached hydrogen (secondary N) is 3. The van der Waals surface area contributed by atoms with Crippen LogP contribution in [0.5, 0.6) is 0 Å². The highest BCUT2D eigenvalue weighted by molar-refractivity contribution is 6.05. The molecule has 0 aliphatic heterocycles. The Bertz CT molecular complexity index is 905. The molecule has 2 rings (SSSR count). The average Bonchev–Trinajstić information content (AvgIpc) is 2.76. The van der Waals surface area contributed by atoms with Crippen molar-refractivity contribution in [2.45, 2.75) is 32.9 Å². The Hall–Kier alpha value is -3.40. The van der Waals surface area contributed by atoms with E-state index in [2.05, 4.69) is 25.9 Å². The predicted octanol–water partition coefficient (Wildman–Crippen LogP) is 0.799. The highest BCUT2D eigenvalue weighted by atomic mass is 19.1. The molecule has 4 N–H and O–H groups in total. The molecule has 0 saturated heterocycles. The van der Waals surface area contributed by atoms with Crippen molar-refractivity contribution < 1.29 is 23.9 Å². The summed E-state index contributed by atoms with van der Waals surface area (Å²) in [6, 6.07) is 4.75. The maximum Gasteiger partial charge on any atom is 0.272 e. The molecule has 1 atom stereocenters. The standard InChI is InChI=1S/C21H26FN5O4/c1-13(2)11-16(19(29)25-9-10-28)27-21(31)18-17(23-7-8-24-18)20(30)26-12-14-3-5-15(22)6-4-14/h3-8,13,16,28H,9-12H2,1-2H3,(H,25,29)(H,26,30)(H,27,31)/t16-/m0/s1. The number of aliphatic hydroxyl groups is 1. The molecule has 1 aromatic carbocycles. The summed E-state index contributed by atoms with van der Waals surface area (Å²) in [6.45, 7) is 3.74. The van der Waals surface area contributed by atoms with Crippen LogP contribution in [-0.2, 0) is 11.3 Å². The van der Waals surface area contributed by atoms with Gasteiger partial charge in [0.2, 0.25) is 5.91 Å². The summed E-state index contributed by atoms with van der Waals surface area (Å²) in [5, 5.41) is 16.6. The van der Waals surface area contributed by atoms with Gasteiger partial charge in [0.05, 0.1) is 6.61 Å². The van der Waals surface area contributed by atoms with Gasteiger partial charge in [-0.25, -0.2) is 14.4 Å². The molecule has 10 heteroatoms. The lowest BCUT2D eigenvalue weighted by molar-refractivity contribution is -0.123. The van der Waals surface area contributed by atoms with Crippen LogP contribution in [0.25, 0.3) is 0 Å². The van der Waals surface area contributed by atoms with Crippen molar-refractivity contribution in [1.29, 1.82) is 0 Å². The molecule has 1 heterocycles. The van der Waals surface area contributed by atoms with Gasteiger partial charge in [-0.3, -0.25) is 14.4 Å². The first-order chi connectivity index (χ1) is 14.8. The summed E-state index contributed by atoms with van der Waals surface area (Å²) < 4.78 is 13.0. The van der Waals surface area contributed by atoms with Crippen molar-refractivity contribution in [1.82, 2.24) is 25.9 Å². The minimum atomic E-state index is -0.865. The lowest BCUT2D eigenvalue weighted by atomic mass is 10.0. The summed E-state index contributed by atoms with van der Waals surface area (Å²) in [4.78, 5) is 45.6. The summed E-state index contributed by atoms with van der Waals surface area (Å²) in [6.07, 6.45) is 2.91. The van der Waals surface area contributed by atoms with Gasteiger partial charge in [0.25, 0.3) is 11.8 Å². The molecule has 166 valence electrons. The summed E-state index contributed by atoms with van der Waals surface area (Å²) in [5.74, 6) is -2.08. The van der Waals surface area contributed by atoms with Gasteiger partial charge in [-0.15, -0.1) is 0 Å². The number of benzene rings is 1. The molecule has 9 nitrogen and oxygen atoms in total. The van der Waals surface area contributed by atoms with E-state index in [9.17, 15) is 18.8 Å². The maximum atomic E-state index is 13.0. The van der Waals surface area contributed by atoms with Gasteiger partial charge in [-0.1, -0.05) is 26.0 Å². The monoisotopic (exact) mass is 431 g/mol. The second kappa shape index (κ2) is 11.7. The van der Waals surface area contributed by atoms with Crippen molar-refractivity contribution >= 4 is 17.7 Å². The van der Waals surface area contributed by atoms with Gasteiger partial charge in [0.1, 0.15) is 11.9 Å². The third-order valence-electron chi connectivity index (χ3n) is 4.23. The number of aliphatic hydroxyl groups excluding tert-OH is 1. The second-order valence-electron chi connectivity index (χ2n) is 7.23. The first-order valence-corrected chi connectivity index (χ1v) is 9.85. The minimum Gasteiger partial charge on any atom is -0.395 e. The number of carbonyl (C=O) groups is 3. The molecule has 0 saturated carbocycles. The smallest absolute Gasteiger partial charge is 0.272 e. The van der Waals surface area contributed by atoms with Crippen molar-refractivity contribution in [2.75, 3.05) is 13.2 Å². The van der Waals surface area contributed by atoms with Crippen LogP contribution < -0.4 is 16.0 Å². The molecule has 31 heavy (non-hydrogen) atoms. The Morgan fingerprint density at radius 2 is 1.61 bits per heavy atom. The van der Waals surface area contributed by atoms with Crippen LogP contribution >= 0.6 is 0 Å². The molecule has 0 aliphatic carbocycles. The maximum absolute atomic E-state index is 13.0. The summed E-state index contributed by atoms with van der Waals surface area (Å²) >= 11 is 0. The fraction of sp³-hybridized carbons (Fsp3) is 0.381. The van der Waals surface area contributed by atoms with Crippen molar-refractivity contribution in [3.05, 3.63) is 59.4 Å². The van der Waals surface area contributed by atoms with Crippen molar-refractivity contribution in [3.8, 4) is 0 Å². The van der Waals surface area contributed by atoms with Crippen LogP contribution in [0.1, 0.15) is 46.8 Å². The number of nitrogens with zero attached hydrogens (tertiary/aromatic N) is 2. The van der Waals surface area contributed by atoms with E-state index in [4.69, 9.17) is 5.11 Å². The van der Waals surface area contributed by atoms with Gasteiger partial charge >= 0.3 is 0 Å². The molecule has 0 fully saturated rings. The number of hydrogen-bond donors (Lipinski definition) is 4. The number of halogens is 1. The van der Waals surface area contributed by atoms with Gasteiger partial charge in [0.15, 0.2) is 11.4 Å². The van der Waals surface area contributed by atoms with Gasteiger partial charge in [-0.2, -0.15) is 0 Å². The molecule has 0 spiro atoms. The zero-order valence-electron chi connectivity index (χ0n) is 17.4. The van der Waals surface area contributed by atoms with Crippen molar-refractivity contribution in [3.63, 3.8) is 0 Å². The lowest BCUT2D eigenvalue weighted by Crippen LogP contribution is -2.48. The zero-order chi connectivity index (χ0) is 22.8. The van der Waals surface area contributed by atoms with E-state index in [1.807, 2.05) is 13.8 Å². The highest BCUT2D eigenvalue weighted by Gasteiger charge is 2.26. The topological polar surface area (TPSA) is 133 Å². The van der Waals surface area contributed by atoms with E-state index in [1.165, 1.54) is 36.7 Å². The first-order valence-electron chi connectivity index (χ1n) is 9.85. The van der Waals surface area contributed by atoms with Crippen LogP contribution in [-0.4, -0.2) is 52.0 Å². The van der Waals surface area contributed by atoms with E-state index in [-0.39, 0.29) is 42.8 Å². The fourth-order valence-electron chi connectivity index (χ4n) is 2.77. The third kappa shape index (κ3) is 7.41. The van der Waals surface area contributed by atoms with Crippen LogP contribution in [0.4, 0.5) is 4.39 Å². The second-order valence-corrected chi connectivity index (χ2v) is 7.23. The summed E-state index contributed by atoms with van der Waals surface area (Å²) in [7, 11) is 0. The Labute approximate surface area is 179 Å². The molecule has 0 radical (unpaired) electrons. The number of hydrogen-bond acceptors (Lipinski definition) is 6. The van der Waals surface area contributed by atoms with E-state index in [0.717, 1.165) is 0 Å². The van der Waals surface area contributed by atoms with Crippen LogP contribution in [0, 0.1) is 11.7 Å². The molecule has 0 bridgehead atoms. The minimum absolute atomic E-state index is 0.0610. The SMILES string of the molecule is CC(C)C[C@H](NC(=O)c1nccnc1C(=O)NCc1ccc(F)cc1)C(=O)NCCO. The quantitative estimate of drug-likeness (QED) is 0.440. The van der Waals surface area contributed by atoms with Gasteiger partial charge < -0.3 is 21.1 Å². The van der Waals surface area contributed by atoms with E-state index in [0.29, 0.717) is 12.0 Å².